The zero-order valence-electron chi connectivity index (χ0n) is 11.0. The number of amides is 1. The molecule has 1 atom stereocenters. The van der Waals surface area contributed by atoms with Gasteiger partial charge in [-0.25, -0.2) is 4.79 Å². The highest BCUT2D eigenvalue weighted by atomic mass is 35.5. The number of nitrogens with zero attached hydrogens (tertiary/aromatic N) is 2. The van der Waals surface area contributed by atoms with Crippen molar-refractivity contribution in [1.29, 1.82) is 0 Å². The Labute approximate surface area is 125 Å². The Bertz CT molecular complexity index is 604. The summed E-state index contributed by atoms with van der Waals surface area (Å²) in [6.07, 6.45) is 1.84. The van der Waals surface area contributed by atoms with E-state index in [-0.39, 0.29) is 16.3 Å². The number of benzene rings is 1. The highest BCUT2D eigenvalue weighted by molar-refractivity contribution is 6.32. The van der Waals surface area contributed by atoms with E-state index in [0.717, 1.165) is 12.5 Å². The third-order valence-electron chi connectivity index (χ3n) is 3.44. The Morgan fingerprint density at radius 3 is 2.71 bits per heavy atom. The van der Waals surface area contributed by atoms with Crippen LogP contribution in [-0.2, 0) is 4.79 Å². The van der Waals surface area contributed by atoms with Crippen LogP contribution in [0.5, 0.6) is 0 Å². The fourth-order valence-electron chi connectivity index (χ4n) is 2.38. The molecule has 8 heteroatoms. The molecular weight excluding hydrogens is 300 g/mol. The van der Waals surface area contributed by atoms with Crippen molar-refractivity contribution >= 4 is 29.2 Å². The van der Waals surface area contributed by atoms with Gasteiger partial charge in [0.25, 0.3) is 11.6 Å². The normalized spacial score (nSPS) is 18.3. The van der Waals surface area contributed by atoms with E-state index in [9.17, 15) is 19.7 Å². The summed E-state index contributed by atoms with van der Waals surface area (Å²) in [4.78, 5) is 35.0. The number of carboxylic acids is 1. The highest BCUT2D eigenvalue weighted by Gasteiger charge is 2.33. The summed E-state index contributed by atoms with van der Waals surface area (Å²) in [6, 6.07) is 2.83. The van der Waals surface area contributed by atoms with Gasteiger partial charge >= 0.3 is 5.97 Å². The van der Waals surface area contributed by atoms with Gasteiger partial charge in [0.15, 0.2) is 0 Å². The van der Waals surface area contributed by atoms with Crippen LogP contribution >= 0.6 is 11.6 Å². The summed E-state index contributed by atoms with van der Waals surface area (Å²) < 4.78 is 0. The van der Waals surface area contributed by atoms with Gasteiger partial charge in [0.05, 0.1) is 4.92 Å². The first-order valence-corrected chi connectivity index (χ1v) is 6.77. The smallest absolute Gasteiger partial charge is 0.326 e. The van der Waals surface area contributed by atoms with E-state index in [1.807, 2.05) is 0 Å². The fourth-order valence-corrected chi connectivity index (χ4v) is 2.57. The fraction of sp³-hybridized carbons (Fsp3) is 0.385. The van der Waals surface area contributed by atoms with Gasteiger partial charge in [0.1, 0.15) is 11.1 Å². The SMILES string of the molecule is O=C(O)C1CCCCN1C(=O)c1ccc(Cl)c([N+](=O)[O-])c1. The van der Waals surface area contributed by atoms with Crippen molar-refractivity contribution in [2.75, 3.05) is 6.54 Å². The molecular formula is C13H13ClN2O5. The summed E-state index contributed by atoms with van der Waals surface area (Å²) in [5.74, 6) is -1.59. The molecule has 1 aromatic carbocycles. The minimum atomic E-state index is -1.06. The van der Waals surface area contributed by atoms with Crippen LogP contribution in [0.1, 0.15) is 29.6 Å². The average molecular weight is 313 g/mol. The molecule has 0 radical (unpaired) electrons. The molecule has 0 spiro atoms. The van der Waals surface area contributed by atoms with Gasteiger partial charge in [-0.2, -0.15) is 0 Å². The number of aliphatic carboxylic acids is 1. The predicted octanol–water partition coefficient (Wildman–Crippen LogP) is 2.33. The Kier molecular flexibility index (Phi) is 4.42. The van der Waals surface area contributed by atoms with E-state index in [0.29, 0.717) is 19.4 Å². The van der Waals surface area contributed by atoms with Crippen molar-refractivity contribution < 1.29 is 19.6 Å². The molecule has 1 heterocycles. The maximum atomic E-state index is 12.4. The van der Waals surface area contributed by atoms with Gasteiger partial charge in [-0.1, -0.05) is 11.6 Å². The topological polar surface area (TPSA) is 101 Å². The van der Waals surface area contributed by atoms with Crippen molar-refractivity contribution in [2.24, 2.45) is 0 Å². The summed E-state index contributed by atoms with van der Waals surface area (Å²) in [7, 11) is 0. The molecule has 0 aliphatic carbocycles. The lowest BCUT2D eigenvalue weighted by molar-refractivity contribution is -0.384. The first-order valence-electron chi connectivity index (χ1n) is 6.39. The number of carbonyl (C=O) groups excluding carboxylic acids is 1. The Morgan fingerprint density at radius 2 is 2.10 bits per heavy atom. The molecule has 1 unspecified atom stereocenters. The molecule has 1 aromatic rings. The monoisotopic (exact) mass is 312 g/mol. The Balaban J connectivity index is 2.32. The van der Waals surface area contributed by atoms with E-state index in [1.54, 1.807) is 0 Å². The molecule has 1 amide bonds. The summed E-state index contributed by atoms with van der Waals surface area (Å²) in [6.45, 7) is 0.326. The van der Waals surface area contributed by atoms with E-state index < -0.39 is 22.8 Å². The second-order valence-electron chi connectivity index (χ2n) is 4.77. The van der Waals surface area contributed by atoms with Gasteiger partial charge < -0.3 is 10.0 Å². The molecule has 1 N–H and O–H groups in total. The summed E-state index contributed by atoms with van der Waals surface area (Å²) in [5.41, 5.74) is -0.300. The molecule has 1 aliphatic rings. The standard InChI is InChI=1S/C13H13ClN2O5/c14-9-5-4-8(7-11(9)16(20)21)12(17)15-6-2-1-3-10(15)13(18)19/h4-5,7,10H,1-3,6H2,(H,18,19). The number of nitro groups is 1. The maximum absolute atomic E-state index is 12.4. The number of rotatable bonds is 3. The molecule has 1 fully saturated rings. The number of likely N-dealkylation sites (tertiary alicyclic amines) is 1. The molecule has 7 nitrogen and oxygen atoms in total. The van der Waals surface area contributed by atoms with Gasteiger partial charge in [-0.3, -0.25) is 14.9 Å². The van der Waals surface area contributed by atoms with Crippen molar-refractivity contribution in [2.45, 2.75) is 25.3 Å². The first kappa shape index (κ1) is 15.2. The molecule has 21 heavy (non-hydrogen) atoms. The largest absolute Gasteiger partial charge is 0.480 e. The molecule has 0 saturated carbocycles. The van der Waals surface area contributed by atoms with E-state index >= 15 is 0 Å². The van der Waals surface area contributed by atoms with Crippen LogP contribution in [0, 0.1) is 10.1 Å². The lowest BCUT2D eigenvalue weighted by Crippen LogP contribution is -2.47. The maximum Gasteiger partial charge on any atom is 0.326 e. The third-order valence-corrected chi connectivity index (χ3v) is 3.76. The van der Waals surface area contributed by atoms with Crippen LogP contribution < -0.4 is 0 Å². The Morgan fingerprint density at radius 1 is 1.38 bits per heavy atom. The molecule has 0 bridgehead atoms. The van der Waals surface area contributed by atoms with Crippen molar-refractivity contribution in [3.05, 3.63) is 38.9 Å². The zero-order valence-corrected chi connectivity index (χ0v) is 11.7. The van der Waals surface area contributed by atoms with E-state index in [1.165, 1.54) is 17.0 Å². The van der Waals surface area contributed by atoms with Crippen molar-refractivity contribution in [1.82, 2.24) is 4.90 Å². The minimum Gasteiger partial charge on any atom is -0.480 e. The number of nitro benzene ring substituents is 1. The second-order valence-corrected chi connectivity index (χ2v) is 5.18. The van der Waals surface area contributed by atoms with E-state index in [2.05, 4.69) is 0 Å². The van der Waals surface area contributed by atoms with Gasteiger partial charge in [-0.15, -0.1) is 0 Å². The number of hydrogen-bond donors (Lipinski definition) is 1. The second kappa shape index (κ2) is 6.09. The third kappa shape index (κ3) is 3.13. The zero-order chi connectivity index (χ0) is 15.6. The molecule has 112 valence electrons. The highest BCUT2D eigenvalue weighted by Crippen LogP contribution is 2.27. The molecule has 1 aliphatic heterocycles. The number of carboxylic acid groups (broad SMARTS) is 1. The van der Waals surface area contributed by atoms with Gasteiger partial charge in [0, 0.05) is 18.2 Å². The number of halogens is 1. The van der Waals surface area contributed by atoms with Crippen LogP contribution in [0.4, 0.5) is 5.69 Å². The van der Waals surface area contributed by atoms with Crippen LogP contribution in [0.2, 0.25) is 5.02 Å². The average Bonchev–Trinajstić information content (AvgIpc) is 2.46. The summed E-state index contributed by atoms with van der Waals surface area (Å²) in [5, 5.41) is 20.0. The molecule has 2 rings (SSSR count). The van der Waals surface area contributed by atoms with Crippen LogP contribution in [-0.4, -0.2) is 39.4 Å². The van der Waals surface area contributed by atoms with E-state index in [4.69, 9.17) is 16.7 Å². The van der Waals surface area contributed by atoms with Crippen molar-refractivity contribution in [3.8, 4) is 0 Å². The lowest BCUT2D eigenvalue weighted by Gasteiger charge is -2.32. The van der Waals surface area contributed by atoms with Crippen LogP contribution in [0.25, 0.3) is 0 Å². The minimum absolute atomic E-state index is 0.0648. The van der Waals surface area contributed by atoms with Gasteiger partial charge in [-0.05, 0) is 31.4 Å². The van der Waals surface area contributed by atoms with Gasteiger partial charge in [0.2, 0.25) is 0 Å². The summed E-state index contributed by atoms with van der Waals surface area (Å²) >= 11 is 5.70. The van der Waals surface area contributed by atoms with Crippen LogP contribution in [0.15, 0.2) is 18.2 Å². The first-order chi connectivity index (χ1) is 9.91. The number of carbonyl (C=O) groups is 2. The molecule has 0 aromatic heterocycles. The quantitative estimate of drug-likeness (QED) is 0.682. The van der Waals surface area contributed by atoms with Crippen molar-refractivity contribution in [3.63, 3.8) is 0 Å². The Hall–Kier alpha value is -2.15. The predicted molar refractivity (Wildman–Crippen MR) is 74.4 cm³/mol. The van der Waals surface area contributed by atoms with Crippen LogP contribution in [0.3, 0.4) is 0 Å². The number of hydrogen-bond acceptors (Lipinski definition) is 4. The lowest BCUT2D eigenvalue weighted by atomic mass is 10.0. The molecule has 1 saturated heterocycles. The number of piperidine rings is 1.